The zero-order valence-electron chi connectivity index (χ0n) is 18.5. The molecule has 2 rings (SSSR count). The molecule has 0 radical (unpaired) electrons. The predicted molar refractivity (Wildman–Crippen MR) is 131 cm³/mol. The third kappa shape index (κ3) is 8.86. The van der Waals surface area contributed by atoms with Gasteiger partial charge in [0.2, 0.25) is 0 Å². The van der Waals surface area contributed by atoms with Crippen molar-refractivity contribution >= 4 is 29.9 Å². The topological polar surface area (TPSA) is 76.8 Å². The van der Waals surface area contributed by atoms with Crippen molar-refractivity contribution in [2.24, 2.45) is 4.99 Å². The monoisotopic (exact) mass is 530 g/mol. The first-order valence-corrected chi connectivity index (χ1v) is 10.2. The van der Waals surface area contributed by atoms with Crippen LogP contribution in [0.4, 0.5) is 0 Å². The molecule has 0 spiro atoms. The first-order valence-electron chi connectivity index (χ1n) is 10.2. The number of aryl methyl sites for hydroxylation is 1. The average Bonchev–Trinajstić information content (AvgIpc) is 3.19. The second-order valence-electron chi connectivity index (χ2n) is 6.71. The fourth-order valence-electron chi connectivity index (χ4n) is 2.94. The van der Waals surface area contributed by atoms with Gasteiger partial charge in [-0.05, 0) is 31.0 Å². The molecule has 0 amide bonds. The van der Waals surface area contributed by atoms with Crippen LogP contribution in [0.5, 0.6) is 5.75 Å². The molecule has 2 aromatic rings. The summed E-state index contributed by atoms with van der Waals surface area (Å²) < 4.78 is 12.7. The number of nitrogens with zero attached hydrogens (tertiary/aromatic N) is 5. The summed E-state index contributed by atoms with van der Waals surface area (Å²) >= 11 is 0. The van der Waals surface area contributed by atoms with Crippen molar-refractivity contribution < 1.29 is 9.47 Å². The number of rotatable bonds is 12. The lowest BCUT2D eigenvalue weighted by Gasteiger charge is -2.23. The Morgan fingerprint density at radius 1 is 1.23 bits per heavy atom. The van der Waals surface area contributed by atoms with Crippen molar-refractivity contribution in [1.82, 2.24) is 25.0 Å². The molecule has 0 unspecified atom stereocenters. The molecule has 1 heterocycles. The molecule has 0 aliphatic heterocycles. The molecule has 0 saturated carbocycles. The van der Waals surface area contributed by atoms with E-state index in [0.717, 1.165) is 56.6 Å². The highest BCUT2D eigenvalue weighted by Gasteiger charge is 2.08. The van der Waals surface area contributed by atoms with Crippen molar-refractivity contribution in [3.05, 3.63) is 42.0 Å². The average molecular weight is 530 g/mol. The summed E-state index contributed by atoms with van der Waals surface area (Å²) in [5, 5.41) is 11.6. The van der Waals surface area contributed by atoms with Crippen molar-refractivity contribution in [2.45, 2.75) is 39.8 Å². The number of aliphatic imine (C=N–C) groups is 1. The number of halogens is 1. The zero-order chi connectivity index (χ0) is 20.9. The predicted octanol–water partition coefficient (Wildman–Crippen LogP) is 2.97. The number of hydrogen-bond acceptors (Lipinski definition) is 5. The van der Waals surface area contributed by atoms with Crippen LogP contribution in [0.25, 0.3) is 0 Å². The maximum absolute atomic E-state index is 5.52. The van der Waals surface area contributed by atoms with E-state index in [-0.39, 0.29) is 24.0 Å². The Labute approximate surface area is 197 Å². The van der Waals surface area contributed by atoms with Crippen molar-refractivity contribution in [3.8, 4) is 5.75 Å². The molecule has 0 fully saturated rings. The summed E-state index contributed by atoms with van der Waals surface area (Å²) in [5.41, 5.74) is 1.20. The van der Waals surface area contributed by atoms with Gasteiger partial charge in [-0.2, -0.15) is 0 Å². The van der Waals surface area contributed by atoms with Crippen LogP contribution >= 0.6 is 24.0 Å². The molecule has 1 aromatic heterocycles. The van der Waals surface area contributed by atoms with Crippen molar-refractivity contribution in [1.29, 1.82) is 0 Å². The second-order valence-corrected chi connectivity index (χ2v) is 6.71. The van der Waals surface area contributed by atoms with E-state index in [4.69, 9.17) is 14.5 Å². The van der Waals surface area contributed by atoms with Crippen LogP contribution < -0.4 is 10.1 Å². The van der Waals surface area contributed by atoms with E-state index in [1.165, 1.54) is 5.56 Å². The van der Waals surface area contributed by atoms with Crippen molar-refractivity contribution in [3.63, 3.8) is 0 Å². The van der Waals surface area contributed by atoms with Gasteiger partial charge in [-0.15, -0.1) is 34.2 Å². The van der Waals surface area contributed by atoms with E-state index < -0.39 is 0 Å². The molecular formula is C21H35IN6O2. The maximum atomic E-state index is 5.52. The van der Waals surface area contributed by atoms with Gasteiger partial charge >= 0.3 is 0 Å². The molecule has 0 aliphatic carbocycles. The minimum absolute atomic E-state index is 0. The van der Waals surface area contributed by atoms with Gasteiger partial charge < -0.3 is 24.3 Å². The lowest BCUT2D eigenvalue weighted by molar-refractivity contribution is 0.197. The van der Waals surface area contributed by atoms with Gasteiger partial charge in [-0.3, -0.25) is 4.99 Å². The third-order valence-corrected chi connectivity index (χ3v) is 4.43. The highest BCUT2D eigenvalue weighted by Crippen LogP contribution is 2.13. The van der Waals surface area contributed by atoms with Crippen LogP contribution in [-0.4, -0.2) is 66.1 Å². The largest absolute Gasteiger partial charge is 0.494 e. The Morgan fingerprint density at radius 3 is 2.67 bits per heavy atom. The highest BCUT2D eigenvalue weighted by atomic mass is 127. The summed E-state index contributed by atoms with van der Waals surface area (Å²) in [6, 6.07) is 8.20. The lowest BCUT2D eigenvalue weighted by Crippen LogP contribution is -2.40. The number of nitrogens with one attached hydrogen (secondary N) is 1. The Bertz CT molecular complexity index is 735. The third-order valence-electron chi connectivity index (χ3n) is 4.43. The van der Waals surface area contributed by atoms with Gasteiger partial charge in [0.25, 0.3) is 0 Å². The van der Waals surface area contributed by atoms with Gasteiger partial charge in [-0.1, -0.05) is 19.1 Å². The normalized spacial score (nSPS) is 11.1. The maximum Gasteiger partial charge on any atom is 0.194 e. The minimum atomic E-state index is 0. The lowest BCUT2D eigenvalue weighted by atomic mass is 10.2. The van der Waals surface area contributed by atoms with Crippen LogP contribution in [0.3, 0.4) is 0 Å². The first kappa shape index (κ1) is 26.2. The van der Waals surface area contributed by atoms with Gasteiger partial charge in [0, 0.05) is 53.4 Å². The zero-order valence-corrected chi connectivity index (χ0v) is 20.8. The Kier molecular flexibility index (Phi) is 13.1. The molecule has 0 aliphatic rings. The Morgan fingerprint density at radius 2 is 2.00 bits per heavy atom. The fraction of sp³-hybridized carbons (Fsp3) is 0.571. The van der Waals surface area contributed by atoms with Crippen LogP contribution in [0.1, 0.15) is 31.7 Å². The number of methoxy groups -OCH3 is 1. The van der Waals surface area contributed by atoms with Gasteiger partial charge in [0.05, 0.1) is 6.61 Å². The first-order chi connectivity index (χ1) is 14.2. The van der Waals surface area contributed by atoms with Crippen LogP contribution in [0.15, 0.2) is 35.6 Å². The molecule has 9 heteroatoms. The second kappa shape index (κ2) is 15.0. The number of guanidine groups is 1. The number of aromatic nitrogens is 3. The molecule has 8 nitrogen and oxygen atoms in total. The van der Waals surface area contributed by atoms with Crippen molar-refractivity contribution in [2.75, 3.05) is 40.5 Å². The van der Waals surface area contributed by atoms with Crippen LogP contribution in [0.2, 0.25) is 0 Å². The van der Waals surface area contributed by atoms with E-state index in [9.17, 15) is 0 Å². The molecule has 0 bridgehead atoms. The summed E-state index contributed by atoms with van der Waals surface area (Å²) in [6.45, 7) is 8.48. The molecule has 0 saturated heterocycles. The Balaban J connectivity index is 0.00000450. The summed E-state index contributed by atoms with van der Waals surface area (Å²) in [5.74, 6) is 2.76. The number of hydrogen-bond donors (Lipinski definition) is 1. The molecule has 0 atom stereocenters. The summed E-state index contributed by atoms with van der Waals surface area (Å²) in [4.78, 5) is 6.89. The number of ether oxygens (including phenoxy) is 2. The van der Waals surface area contributed by atoms with E-state index in [1.54, 1.807) is 13.4 Å². The standard InChI is InChI=1S/C21H34N6O2.HI/c1-5-20-25-24-17-27(20)14-13-23-21(22-12-7-15-28-4)26(3)16-18-8-10-19(11-9-18)29-6-2;/h8-11,17H,5-7,12-16H2,1-4H3,(H,22,23);1H. The highest BCUT2D eigenvalue weighted by molar-refractivity contribution is 14.0. The van der Waals surface area contributed by atoms with E-state index in [0.29, 0.717) is 13.2 Å². The van der Waals surface area contributed by atoms with E-state index in [2.05, 4.69) is 51.1 Å². The van der Waals surface area contributed by atoms with E-state index in [1.807, 2.05) is 19.1 Å². The minimum Gasteiger partial charge on any atom is -0.494 e. The molecule has 1 N–H and O–H groups in total. The van der Waals surface area contributed by atoms with Crippen LogP contribution in [-0.2, 0) is 24.2 Å². The fourth-order valence-corrected chi connectivity index (χ4v) is 2.94. The van der Waals surface area contributed by atoms with Crippen LogP contribution in [0, 0.1) is 0 Å². The van der Waals surface area contributed by atoms with Gasteiger partial charge in [-0.25, -0.2) is 0 Å². The smallest absolute Gasteiger partial charge is 0.194 e. The molecule has 168 valence electrons. The summed E-state index contributed by atoms with van der Waals surface area (Å²) in [7, 11) is 3.76. The summed E-state index contributed by atoms with van der Waals surface area (Å²) in [6.07, 6.45) is 3.54. The van der Waals surface area contributed by atoms with E-state index >= 15 is 0 Å². The molecule has 30 heavy (non-hydrogen) atoms. The number of benzene rings is 1. The Hall–Kier alpha value is -1.88. The SMILES string of the molecule is CCOc1ccc(CN(C)C(=NCCCOC)NCCn2cnnc2CC)cc1.I. The quantitative estimate of drug-likeness (QED) is 0.197. The van der Waals surface area contributed by atoms with Gasteiger partial charge in [0.1, 0.15) is 17.9 Å². The molecule has 1 aromatic carbocycles. The van der Waals surface area contributed by atoms with Gasteiger partial charge in [0.15, 0.2) is 5.96 Å². The molecular weight excluding hydrogens is 495 g/mol.